The van der Waals surface area contributed by atoms with E-state index >= 15 is 0 Å². The van der Waals surface area contributed by atoms with Crippen LogP contribution in [0.15, 0.2) is 24.3 Å². The molecule has 1 aromatic carbocycles. The summed E-state index contributed by atoms with van der Waals surface area (Å²) in [6.07, 6.45) is 1.17. The Balaban J connectivity index is 2.22. The van der Waals surface area contributed by atoms with Crippen LogP contribution in [0.1, 0.15) is 38.3 Å². The quantitative estimate of drug-likeness (QED) is 0.825. The summed E-state index contributed by atoms with van der Waals surface area (Å²) < 4.78 is 0. The van der Waals surface area contributed by atoms with Crippen LogP contribution in [0, 0.1) is 11.3 Å². The largest absolute Gasteiger partial charge is 0.349 e. The summed E-state index contributed by atoms with van der Waals surface area (Å²) in [5.74, 6) is 1.33. The molecule has 0 saturated carbocycles. The Morgan fingerprint density at radius 3 is 2.62 bits per heavy atom. The van der Waals surface area contributed by atoms with Crippen LogP contribution in [0.3, 0.4) is 0 Å². The fourth-order valence-corrected chi connectivity index (χ4v) is 2.30. The van der Waals surface area contributed by atoms with E-state index in [1.165, 1.54) is 12.0 Å². The van der Waals surface area contributed by atoms with Crippen LogP contribution in [0.5, 0.6) is 0 Å². The normalized spacial score (nSPS) is 18.4. The molecule has 86 valence electrons. The SMILES string of the molecule is CCC(C)C(C)N1Cc2ccccc2C1=N. The first-order valence-corrected chi connectivity index (χ1v) is 6.08. The second kappa shape index (κ2) is 4.28. The highest BCUT2D eigenvalue weighted by Crippen LogP contribution is 2.27. The van der Waals surface area contributed by atoms with Gasteiger partial charge in [-0.25, -0.2) is 0 Å². The topological polar surface area (TPSA) is 27.1 Å². The van der Waals surface area contributed by atoms with Crippen molar-refractivity contribution < 1.29 is 0 Å². The van der Waals surface area contributed by atoms with E-state index in [4.69, 9.17) is 5.41 Å². The minimum Gasteiger partial charge on any atom is -0.349 e. The van der Waals surface area contributed by atoms with Crippen molar-refractivity contribution in [1.29, 1.82) is 5.41 Å². The third-order valence-corrected chi connectivity index (χ3v) is 3.86. The van der Waals surface area contributed by atoms with Crippen LogP contribution in [0.4, 0.5) is 0 Å². The molecule has 0 fully saturated rings. The third-order valence-electron chi connectivity index (χ3n) is 3.86. The highest BCUT2D eigenvalue weighted by atomic mass is 15.2. The highest BCUT2D eigenvalue weighted by Gasteiger charge is 2.29. The number of fused-ring (bicyclic) bond motifs is 1. The summed E-state index contributed by atoms with van der Waals surface area (Å²) in [6.45, 7) is 7.62. The van der Waals surface area contributed by atoms with Gasteiger partial charge in [0, 0.05) is 18.2 Å². The lowest BCUT2D eigenvalue weighted by Crippen LogP contribution is -2.37. The van der Waals surface area contributed by atoms with Crippen molar-refractivity contribution in [3.8, 4) is 0 Å². The lowest BCUT2D eigenvalue weighted by molar-refractivity contribution is 0.251. The van der Waals surface area contributed by atoms with Gasteiger partial charge in [-0.3, -0.25) is 5.41 Å². The molecule has 0 spiro atoms. The Kier molecular flexibility index (Phi) is 2.99. The Morgan fingerprint density at radius 1 is 1.31 bits per heavy atom. The molecule has 0 amide bonds. The predicted octanol–water partition coefficient (Wildman–Crippen LogP) is 3.26. The number of hydrogen-bond acceptors (Lipinski definition) is 1. The van der Waals surface area contributed by atoms with Gasteiger partial charge in [-0.05, 0) is 18.4 Å². The van der Waals surface area contributed by atoms with E-state index in [9.17, 15) is 0 Å². The molecule has 0 saturated heterocycles. The first kappa shape index (κ1) is 11.2. The van der Waals surface area contributed by atoms with Gasteiger partial charge in [0.15, 0.2) is 0 Å². The van der Waals surface area contributed by atoms with Crippen molar-refractivity contribution in [3.05, 3.63) is 35.4 Å². The predicted molar refractivity (Wildman–Crippen MR) is 67.7 cm³/mol. The molecule has 1 aliphatic rings. The molecular weight excluding hydrogens is 196 g/mol. The number of rotatable bonds is 3. The molecule has 0 aliphatic carbocycles. The van der Waals surface area contributed by atoms with Gasteiger partial charge in [-0.1, -0.05) is 44.5 Å². The number of benzene rings is 1. The fraction of sp³-hybridized carbons (Fsp3) is 0.500. The lowest BCUT2D eigenvalue weighted by atomic mass is 9.99. The van der Waals surface area contributed by atoms with Crippen LogP contribution in [0.2, 0.25) is 0 Å². The Hall–Kier alpha value is -1.31. The van der Waals surface area contributed by atoms with Crippen LogP contribution >= 0.6 is 0 Å². The van der Waals surface area contributed by atoms with E-state index in [1.54, 1.807) is 0 Å². The maximum absolute atomic E-state index is 8.21. The minimum atomic E-state index is 0.449. The first-order valence-electron chi connectivity index (χ1n) is 6.08. The number of nitrogens with one attached hydrogen (secondary N) is 1. The van der Waals surface area contributed by atoms with Crippen molar-refractivity contribution in [2.24, 2.45) is 5.92 Å². The summed E-state index contributed by atoms with van der Waals surface area (Å²) in [5.41, 5.74) is 2.40. The maximum Gasteiger partial charge on any atom is 0.128 e. The first-order chi connectivity index (χ1) is 7.65. The van der Waals surface area contributed by atoms with Crippen LogP contribution in [0.25, 0.3) is 0 Å². The van der Waals surface area contributed by atoms with E-state index in [0.29, 0.717) is 17.8 Å². The van der Waals surface area contributed by atoms with Gasteiger partial charge in [-0.2, -0.15) is 0 Å². The molecule has 16 heavy (non-hydrogen) atoms. The molecule has 1 aromatic rings. The summed E-state index contributed by atoms with van der Waals surface area (Å²) in [6, 6.07) is 8.72. The second-order valence-corrected chi connectivity index (χ2v) is 4.76. The average Bonchev–Trinajstić information content (AvgIpc) is 2.65. The number of nitrogens with zero attached hydrogens (tertiary/aromatic N) is 1. The Bertz CT molecular complexity index is 397. The molecular formula is C14H20N2. The van der Waals surface area contributed by atoms with Gasteiger partial charge in [0.05, 0.1) is 0 Å². The molecule has 0 radical (unpaired) electrons. The monoisotopic (exact) mass is 216 g/mol. The number of hydrogen-bond donors (Lipinski definition) is 1. The zero-order valence-corrected chi connectivity index (χ0v) is 10.3. The lowest BCUT2D eigenvalue weighted by Gasteiger charge is -2.30. The number of amidine groups is 1. The Labute approximate surface area is 97.8 Å². The fourth-order valence-electron chi connectivity index (χ4n) is 2.30. The molecule has 2 unspecified atom stereocenters. The van der Waals surface area contributed by atoms with Gasteiger partial charge in [-0.15, -0.1) is 0 Å². The van der Waals surface area contributed by atoms with Crippen molar-refractivity contribution in [3.63, 3.8) is 0 Å². The smallest absolute Gasteiger partial charge is 0.128 e. The summed E-state index contributed by atoms with van der Waals surface area (Å²) >= 11 is 0. The third kappa shape index (κ3) is 1.73. The van der Waals surface area contributed by atoms with Gasteiger partial charge in [0.2, 0.25) is 0 Å². The zero-order valence-electron chi connectivity index (χ0n) is 10.3. The summed E-state index contributed by atoms with van der Waals surface area (Å²) in [5, 5.41) is 8.21. The standard InChI is InChI=1S/C14H20N2/c1-4-10(2)11(3)16-9-12-7-5-6-8-13(12)14(16)15/h5-8,10-11,15H,4,9H2,1-3H3. The molecule has 1 aliphatic heterocycles. The molecule has 0 bridgehead atoms. The van der Waals surface area contributed by atoms with Gasteiger partial charge < -0.3 is 4.90 Å². The van der Waals surface area contributed by atoms with E-state index in [2.05, 4.69) is 43.9 Å². The average molecular weight is 216 g/mol. The van der Waals surface area contributed by atoms with E-state index in [-0.39, 0.29) is 0 Å². The van der Waals surface area contributed by atoms with Crippen LogP contribution in [-0.4, -0.2) is 16.8 Å². The zero-order chi connectivity index (χ0) is 11.7. The van der Waals surface area contributed by atoms with Crippen molar-refractivity contribution >= 4 is 5.84 Å². The Morgan fingerprint density at radius 2 is 2.00 bits per heavy atom. The summed E-state index contributed by atoms with van der Waals surface area (Å²) in [7, 11) is 0. The molecule has 1 N–H and O–H groups in total. The van der Waals surface area contributed by atoms with E-state index in [1.807, 2.05) is 6.07 Å². The van der Waals surface area contributed by atoms with Gasteiger partial charge >= 0.3 is 0 Å². The van der Waals surface area contributed by atoms with Crippen molar-refractivity contribution in [2.45, 2.75) is 39.8 Å². The summed E-state index contributed by atoms with van der Waals surface area (Å²) in [4.78, 5) is 2.22. The van der Waals surface area contributed by atoms with Gasteiger partial charge in [0.25, 0.3) is 0 Å². The van der Waals surface area contributed by atoms with Crippen LogP contribution < -0.4 is 0 Å². The molecule has 0 aromatic heterocycles. The highest BCUT2D eigenvalue weighted by molar-refractivity contribution is 6.00. The van der Waals surface area contributed by atoms with Crippen molar-refractivity contribution in [2.75, 3.05) is 0 Å². The van der Waals surface area contributed by atoms with E-state index < -0.39 is 0 Å². The minimum absolute atomic E-state index is 0.449. The van der Waals surface area contributed by atoms with Crippen LogP contribution in [-0.2, 0) is 6.54 Å². The molecule has 1 heterocycles. The molecule has 2 heteroatoms. The maximum atomic E-state index is 8.21. The van der Waals surface area contributed by atoms with E-state index in [0.717, 1.165) is 12.1 Å². The van der Waals surface area contributed by atoms with Crippen molar-refractivity contribution in [1.82, 2.24) is 4.90 Å². The molecule has 2 nitrogen and oxygen atoms in total. The molecule has 2 rings (SSSR count). The van der Waals surface area contributed by atoms with Gasteiger partial charge in [0.1, 0.15) is 5.84 Å². The second-order valence-electron chi connectivity index (χ2n) is 4.76. The molecule has 2 atom stereocenters.